The molecule has 2 amide bonds. The molecule has 2 aromatic heterocycles. The van der Waals surface area contributed by atoms with Crippen LogP contribution in [0.15, 0.2) is 27.3 Å². The van der Waals surface area contributed by atoms with Crippen LogP contribution >= 0.6 is 0 Å². The Morgan fingerprint density at radius 1 is 1.23 bits per heavy atom. The lowest BCUT2D eigenvalue weighted by Crippen LogP contribution is -2.34. The van der Waals surface area contributed by atoms with E-state index in [4.69, 9.17) is 8.94 Å². The Balaban J connectivity index is 1.63. The van der Waals surface area contributed by atoms with Gasteiger partial charge >= 0.3 is 0 Å². The quantitative estimate of drug-likeness (QED) is 0.753. The fraction of sp³-hybridized carbons (Fsp3) is 0.400. The summed E-state index contributed by atoms with van der Waals surface area (Å²) in [6, 6.07) is 3.23. The number of carbonyl (C=O) groups excluding carboxylic acids is 2. The highest BCUT2D eigenvalue weighted by Crippen LogP contribution is 2.13. The largest absolute Gasteiger partial charge is 0.459 e. The Labute approximate surface area is 128 Å². The van der Waals surface area contributed by atoms with Gasteiger partial charge in [0.15, 0.2) is 5.76 Å². The summed E-state index contributed by atoms with van der Waals surface area (Å²) < 4.78 is 10.0. The predicted octanol–water partition coefficient (Wildman–Crippen LogP) is 1.36. The second kappa shape index (κ2) is 7.44. The highest BCUT2D eigenvalue weighted by atomic mass is 16.5. The Bertz CT molecular complexity index is 612. The molecule has 0 aliphatic carbocycles. The molecule has 7 heteroatoms. The molecule has 2 aromatic rings. The molecule has 0 radical (unpaired) electrons. The lowest BCUT2D eigenvalue weighted by Gasteiger charge is -2.06. The molecule has 2 heterocycles. The minimum Gasteiger partial charge on any atom is -0.459 e. The Morgan fingerprint density at radius 2 is 2.00 bits per heavy atom. The van der Waals surface area contributed by atoms with Crippen molar-refractivity contribution in [2.45, 2.75) is 26.7 Å². The van der Waals surface area contributed by atoms with Crippen LogP contribution in [-0.4, -0.2) is 30.1 Å². The number of rotatable bonds is 7. The number of aromatic nitrogens is 1. The lowest BCUT2D eigenvalue weighted by molar-refractivity contribution is -0.121. The van der Waals surface area contributed by atoms with Gasteiger partial charge in [-0.2, -0.15) is 0 Å². The van der Waals surface area contributed by atoms with E-state index in [0.717, 1.165) is 17.0 Å². The molecule has 22 heavy (non-hydrogen) atoms. The van der Waals surface area contributed by atoms with E-state index in [1.807, 2.05) is 13.8 Å². The molecule has 0 saturated heterocycles. The van der Waals surface area contributed by atoms with E-state index in [9.17, 15) is 9.59 Å². The first-order chi connectivity index (χ1) is 10.6. The molecule has 0 fully saturated rings. The van der Waals surface area contributed by atoms with Crippen molar-refractivity contribution >= 4 is 11.8 Å². The average Bonchev–Trinajstić information content (AvgIpc) is 3.13. The van der Waals surface area contributed by atoms with Gasteiger partial charge in [-0.1, -0.05) is 5.16 Å². The highest BCUT2D eigenvalue weighted by Gasteiger charge is 2.11. The predicted molar refractivity (Wildman–Crippen MR) is 78.3 cm³/mol. The van der Waals surface area contributed by atoms with Gasteiger partial charge in [0, 0.05) is 25.1 Å². The number of hydrogen-bond donors (Lipinski definition) is 2. The van der Waals surface area contributed by atoms with Crippen LogP contribution in [0, 0.1) is 13.8 Å². The van der Waals surface area contributed by atoms with Gasteiger partial charge in [0.05, 0.1) is 12.0 Å². The molecular weight excluding hydrogens is 286 g/mol. The zero-order chi connectivity index (χ0) is 15.9. The molecule has 0 unspecified atom stereocenters. The van der Waals surface area contributed by atoms with Crippen LogP contribution in [0.2, 0.25) is 0 Å². The van der Waals surface area contributed by atoms with Crippen LogP contribution in [0.25, 0.3) is 0 Å². The zero-order valence-corrected chi connectivity index (χ0v) is 12.6. The number of nitrogens with one attached hydrogen (secondary N) is 2. The van der Waals surface area contributed by atoms with Crippen molar-refractivity contribution in [3.05, 3.63) is 41.2 Å². The summed E-state index contributed by atoms with van der Waals surface area (Å²) in [7, 11) is 0. The van der Waals surface area contributed by atoms with Gasteiger partial charge in [0.25, 0.3) is 5.91 Å². The summed E-state index contributed by atoms with van der Waals surface area (Å²) in [5.74, 6) is 0.628. The number of nitrogens with zero attached hydrogens (tertiary/aromatic N) is 1. The van der Waals surface area contributed by atoms with Gasteiger partial charge in [-0.3, -0.25) is 9.59 Å². The molecule has 0 aliphatic heterocycles. The summed E-state index contributed by atoms with van der Waals surface area (Å²) in [4.78, 5) is 23.3. The third kappa shape index (κ3) is 4.21. The Morgan fingerprint density at radius 3 is 2.64 bits per heavy atom. The number of aryl methyl sites for hydroxylation is 2. The SMILES string of the molecule is Cc1noc(C)c1CCC(=O)NCCNC(=O)c1ccco1. The smallest absolute Gasteiger partial charge is 0.287 e. The molecule has 2 N–H and O–H groups in total. The maximum atomic E-state index is 11.7. The summed E-state index contributed by atoms with van der Waals surface area (Å²) >= 11 is 0. The van der Waals surface area contributed by atoms with Gasteiger partial charge in [-0.25, -0.2) is 0 Å². The summed E-state index contributed by atoms with van der Waals surface area (Å²) in [5.41, 5.74) is 1.79. The van der Waals surface area contributed by atoms with Crippen LogP contribution in [0.3, 0.4) is 0 Å². The van der Waals surface area contributed by atoms with Crippen LogP contribution < -0.4 is 10.6 Å². The monoisotopic (exact) mass is 305 g/mol. The topological polar surface area (TPSA) is 97.4 Å². The van der Waals surface area contributed by atoms with E-state index in [2.05, 4.69) is 15.8 Å². The van der Waals surface area contributed by atoms with E-state index in [1.54, 1.807) is 12.1 Å². The van der Waals surface area contributed by atoms with Gasteiger partial charge < -0.3 is 19.6 Å². The van der Waals surface area contributed by atoms with Crippen molar-refractivity contribution < 1.29 is 18.5 Å². The minimum absolute atomic E-state index is 0.0766. The van der Waals surface area contributed by atoms with E-state index >= 15 is 0 Å². The molecule has 2 rings (SSSR count). The maximum absolute atomic E-state index is 11.7. The van der Waals surface area contributed by atoms with Crippen molar-refractivity contribution in [2.75, 3.05) is 13.1 Å². The van der Waals surface area contributed by atoms with Crippen molar-refractivity contribution in [1.29, 1.82) is 0 Å². The van der Waals surface area contributed by atoms with Crippen LogP contribution in [-0.2, 0) is 11.2 Å². The van der Waals surface area contributed by atoms with E-state index in [-0.39, 0.29) is 17.6 Å². The lowest BCUT2D eigenvalue weighted by atomic mass is 10.1. The summed E-state index contributed by atoms with van der Waals surface area (Å²) in [6.07, 6.45) is 2.38. The van der Waals surface area contributed by atoms with Crippen molar-refractivity contribution in [3.8, 4) is 0 Å². The number of carbonyl (C=O) groups is 2. The van der Waals surface area contributed by atoms with Crippen LogP contribution in [0.4, 0.5) is 0 Å². The molecule has 0 spiro atoms. The zero-order valence-electron chi connectivity index (χ0n) is 12.6. The number of hydrogen-bond acceptors (Lipinski definition) is 5. The Kier molecular flexibility index (Phi) is 5.35. The Hall–Kier alpha value is -2.57. The van der Waals surface area contributed by atoms with Crippen molar-refractivity contribution in [2.24, 2.45) is 0 Å². The van der Waals surface area contributed by atoms with Gasteiger partial charge in [0.1, 0.15) is 5.76 Å². The number of amides is 2. The second-order valence-electron chi connectivity index (χ2n) is 4.89. The molecule has 0 atom stereocenters. The van der Waals surface area contributed by atoms with Gasteiger partial charge in [-0.05, 0) is 32.4 Å². The van der Waals surface area contributed by atoms with Crippen LogP contribution in [0.1, 0.15) is 34.0 Å². The standard InChI is InChI=1S/C15H19N3O4/c1-10-12(11(2)22-18-10)5-6-14(19)16-7-8-17-15(20)13-4-3-9-21-13/h3-4,9H,5-8H2,1-2H3,(H,16,19)(H,17,20). The second-order valence-corrected chi connectivity index (χ2v) is 4.89. The molecule has 7 nitrogen and oxygen atoms in total. The summed E-state index contributed by atoms with van der Waals surface area (Å²) in [6.45, 7) is 4.40. The minimum atomic E-state index is -0.296. The first-order valence-electron chi connectivity index (χ1n) is 7.08. The molecule has 118 valence electrons. The van der Waals surface area contributed by atoms with Gasteiger partial charge in [-0.15, -0.1) is 0 Å². The van der Waals surface area contributed by atoms with Crippen LogP contribution in [0.5, 0.6) is 0 Å². The molecule has 0 aliphatic rings. The molecule has 0 bridgehead atoms. The summed E-state index contributed by atoms with van der Waals surface area (Å²) in [5, 5.41) is 9.26. The highest BCUT2D eigenvalue weighted by molar-refractivity contribution is 5.91. The first-order valence-corrected chi connectivity index (χ1v) is 7.08. The maximum Gasteiger partial charge on any atom is 0.287 e. The van der Waals surface area contributed by atoms with Crippen molar-refractivity contribution in [3.63, 3.8) is 0 Å². The average molecular weight is 305 g/mol. The van der Waals surface area contributed by atoms with E-state index in [1.165, 1.54) is 6.26 Å². The normalized spacial score (nSPS) is 10.5. The first kappa shape index (κ1) is 15.8. The van der Waals surface area contributed by atoms with E-state index < -0.39 is 0 Å². The van der Waals surface area contributed by atoms with Crippen molar-refractivity contribution in [1.82, 2.24) is 15.8 Å². The number of furan rings is 1. The fourth-order valence-corrected chi connectivity index (χ4v) is 2.06. The van der Waals surface area contributed by atoms with E-state index in [0.29, 0.717) is 25.9 Å². The molecular formula is C15H19N3O4. The third-order valence-electron chi connectivity index (χ3n) is 3.26. The molecule has 0 saturated carbocycles. The molecule has 0 aromatic carbocycles. The fourth-order valence-electron chi connectivity index (χ4n) is 2.06. The third-order valence-corrected chi connectivity index (χ3v) is 3.26. The van der Waals surface area contributed by atoms with Gasteiger partial charge in [0.2, 0.25) is 5.91 Å².